The maximum atomic E-state index is 13.0. The molecule has 4 nitrogen and oxygen atoms in total. The molecule has 0 spiro atoms. The fourth-order valence-electron chi connectivity index (χ4n) is 4.21. The van der Waals surface area contributed by atoms with Gasteiger partial charge in [-0.3, -0.25) is 4.79 Å². The van der Waals surface area contributed by atoms with Gasteiger partial charge in [0.1, 0.15) is 6.10 Å². The highest BCUT2D eigenvalue weighted by molar-refractivity contribution is 7.20. The third kappa shape index (κ3) is 4.53. The highest BCUT2D eigenvalue weighted by Crippen LogP contribution is 2.31. The Morgan fingerprint density at radius 2 is 1.69 bits per heavy atom. The van der Waals surface area contributed by atoms with E-state index in [4.69, 9.17) is 4.74 Å². The lowest BCUT2D eigenvalue weighted by atomic mass is 10.0. The number of hydrogen-bond donors (Lipinski definition) is 0. The van der Waals surface area contributed by atoms with Crippen LogP contribution in [0.3, 0.4) is 0 Å². The van der Waals surface area contributed by atoms with Crippen molar-refractivity contribution in [3.63, 3.8) is 0 Å². The predicted octanol–water partition coefficient (Wildman–Crippen LogP) is 5.88. The van der Waals surface area contributed by atoms with Crippen molar-refractivity contribution < 1.29 is 9.53 Å². The minimum atomic E-state index is 0.102. The Bertz CT molecular complexity index is 1210. The number of fused-ring (bicyclic) bond motifs is 1. The molecule has 0 N–H and O–H groups in total. The third-order valence-corrected chi connectivity index (χ3v) is 6.96. The molecule has 0 aliphatic carbocycles. The Hall–Kier alpha value is -3.18. The van der Waals surface area contributed by atoms with Crippen LogP contribution in [0.5, 0.6) is 5.19 Å². The van der Waals surface area contributed by atoms with Gasteiger partial charge < -0.3 is 9.64 Å². The second kappa shape index (κ2) is 9.13. The number of thiazole rings is 1. The van der Waals surface area contributed by atoms with Crippen molar-refractivity contribution in [1.29, 1.82) is 0 Å². The van der Waals surface area contributed by atoms with Gasteiger partial charge in [0.2, 0.25) is 0 Å². The van der Waals surface area contributed by atoms with E-state index in [1.165, 1.54) is 16.7 Å². The van der Waals surface area contributed by atoms with E-state index in [0.717, 1.165) is 40.2 Å². The van der Waals surface area contributed by atoms with Crippen molar-refractivity contribution in [2.45, 2.75) is 32.3 Å². The van der Waals surface area contributed by atoms with E-state index in [9.17, 15) is 4.79 Å². The smallest absolute Gasteiger partial charge is 0.274 e. The first kappa shape index (κ1) is 20.7. The van der Waals surface area contributed by atoms with Crippen LogP contribution < -0.4 is 4.74 Å². The van der Waals surface area contributed by atoms with Gasteiger partial charge >= 0.3 is 0 Å². The maximum absolute atomic E-state index is 13.0. The van der Waals surface area contributed by atoms with Gasteiger partial charge in [0.25, 0.3) is 11.1 Å². The van der Waals surface area contributed by atoms with Crippen LogP contribution in [0.25, 0.3) is 10.2 Å². The highest BCUT2D eigenvalue weighted by atomic mass is 32.1. The van der Waals surface area contributed by atoms with Crippen LogP contribution in [0.4, 0.5) is 0 Å². The Morgan fingerprint density at radius 1 is 0.969 bits per heavy atom. The summed E-state index contributed by atoms with van der Waals surface area (Å²) >= 11 is 1.60. The normalized spacial score (nSPS) is 14.6. The Balaban J connectivity index is 1.16. The SMILES string of the molecule is Cc1cccc2sc(OC3CCN(C(=O)c4ccc(Cc5ccccc5)cc4)CC3)nc12. The number of benzene rings is 3. The molecule has 1 saturated heterocycles. The number of carbonyl (C=O) groups is 1. The highest BCUT2D eigenvalue weighted by Gasteiger charge is 2.25. The van der Waals surface area contributed by atoms with Gasteiger partial charge in [-0.15, -0.1) is 0 Å². The molecule has 32 heavy (non-hydrogen) atoms. The van der Waals surface area contributed by atoms with Gasteiger partial charge in [-0.2, -0.15) is 0 Å². The second-order valence-corrected chi connectivity index (χ2v) is 9.36. The van der Waals surface area contributed by atoms with Gasteiger partial charge in [-0.05, 0) is 48.2 Å². The average molecular weight is 443 g/mol. The molecule has 1 fully saturated rings. The number of ether oxygens (including phenoxy) is 1. The quantitative estimate of drug-likeness (QED) is 0.388. The van der Waals surface area contributed by atoms with E-state index in [-0.39, 0.29) is 12.0 Å². The molecular weight excluding hydrogens is 416 g/mol. The van der Waals surface area contributed by atoms with Crippen molar-refractivity contribution >= 4 is 27.5 Å². The lowest BCUT2D eigenvalue weighted by Gasteiger charge is -2.31. The minimum absolute atomic E-state index is 0.102. The summed E-state index contributed by atoms with van der Waals surface area (Å²) in [4.78, 5) is 19.6. The van der Waals surface area contributed by atoms with Crippen LogP contribution >= 0.6 is 11.3 Å². The van der Waals surface area contributed by atoms with Gasteiger partial charge in [0, 0.05) is 31.5 Å². The molecule has 3 aromatic carbocycles. The maximum Gasteiger partial charge on any atom is 0.274 e. The molecule has 5 heteroatoms. The molecule has 1 aliphatic heterocycles. The minimum Gasteiger partial charge on any atom is -0.467 e. The molecule has 0 saturated carbocycles. The molecule has 0 atom stereocenters. The summed E-state index contributed by atoms with van der Waals surface area (Å²) in [6.45, 7) is 3.49. The molecule has 4 aromatic rings. The number of para-hydroxylation sites is 1. The van der Waals surface area contributed by atoms with Crippen LogP contribution in [0.1, 0.15) is 39.9 Å². The number of piperidine rings is 1. The van der Waals surface area contributed by atoms with Crippen molar-refractivity contribution in [3.8, 4) is 5.19 Å². The van der Waals surface area contributed by atoms with Crippen molar-refractivity contribution in [2.24, 2.45) is 0 Å². The number of rotatable bonds is 5. The van der Waals surface area contributed by atoms with E-state index >= 15 is 0 Å². The van der Waals surface area contributed by atoms with Crippen LogP contribution in [0.2, 0.25) is 0 Å². The van der Waals surface area contributed by atoms with E-state index in [0.29, 0.717) is 13.1 Å². The first-order valence-electron chi connectivity index (χ1n) is 11.1. The zero-order valence-electron chi connectivity index (χ0n) is 18.2. The molecule has 0 unspecified atom stereocenters. The number of hydrogen-bond acceptors (Lipinski definition) is 4. The van der Waals surface area contributed by atoms with Gasteiger partial charge in [0.15, 0.2) is 0 Å². The fourth-order valence-corrected chi connectivity index (χ4v) is 5.17. The van der Waals surface area contributed by atoms with Crippen molar-refractivity contribution in [2.75, 3.05) is 13.1 Å². The summed E-state index contributed by atoms with van der Waals surface area (Å²) in [5, 5.41) is 0.730. The molecular formula is C27H26N2O2S. The zero-order valence-corrected chi connectivity index (χ0v) is 19.0. The summed E-state index contributed by atoms with van der Waals surface area (Å²) in [6, 6.07) is 24.6. The first-order chi connectivity index (χ1) is 15.7. The molecule has 2 heterocycles. The monoisotopic (exact) mass is 442 g/mol. The Kier molecular flexibility index (Phi) is 5.91. The molecule has 5 rings (SSSR count). The van der Waals surface area contributed by atoms with Crippen LogP contribution in [-0.2, 0) is 6.42 Å². The third-order valence-electron chi connectivity index (χ3n) is 6.05. The number of amides is 1. The van der Waals surface area contributed by atoms with E-state index in [1.807, 2.05) is 23.1 Å². The number of nitrogens with zero attached hydrogens (tertiary/aromatic N) is 2. The lowest BCUT2D eigenvalue weighted by molar-refractivity contribution is 0.0595. The van der Waals surface area contributed by atoms with Crippen LogP contribution in [-0.4, -0.2) is 35.0 Å². The topological polar surface area (TPSA) is 42.4 Å². The van der Waals surface area contributed by atoms with Gasteiger partial charge in [-0.25, -0.2) is 4.98 Å². The number of aromatic nitrogens is 1. The average Bonchev–Trinajstić information content (AvgIpc) is 3.24. The van der Waals surface area contributed by atoms with Crippen molar-refractivity contribution in [1.82, 2.24) is 9.88 Å². The first-order valence-corrected chi connectivity index (χ1v) is 11.9. The zero-order chi connectivity index (χ0) is 21.9. The predicted molar refractivity (Wildman–Crippen MR) is 130 cm³/mol. The van der Waals surface area contributed by atoms with Crippen molar-refractivity contribution in [3.05, 3.63) is 95.1 Å². The van der Waals surface area contributed by atoms with Crippen LogP contribution in [0.15, 0.2) is 72.8 Å². The summed E-state index contributed by atoms with van der Waals surface area (Å²) in [5.74, 6) is 0.102. The molecule has 1 aliphatic rings. The van der Waals surface area contributed by atoms with E-state index in [2.05, 4.69) is 66.5 Å². The number of likely N-dealkylation sites (tertiary alicyclic amines) is 1. The van der Waals surface area contributed by atoms with E-state index in [1.54, 1.807) is 11.3 Å². The summed E-state index contributed by atoms with van der Waals surface area (Å²) in [6.07, 6.45) is 2.64. The van der Waals surface area contributed by atoms with Gasteiger partial charge in [-0.1, -0.05) is 65.9 Å². The largest absolute Gasteiger partial charge is 0.467 e. The molecule has 0 bridgehead atoms. The molecule has 0 radical (unpaired) electrons. The fraction of sp³-hybridized carbons (Fsp3) is 0.259. The molecule has 162 valence electrons. The number of aryl methyl sites for hydroxylation is 1. The Morgan fingerprint density at radius 3 is 2.41 bits per heavy atom. The molecule has 1 amide bonds. The number of carbonyl (C=O) groups excluding carboxylic acids is 1. The summed E-state index contributed by atoms with van der Waals surface area (Å²) < 4.78 is 7.33. The van der Waals surface area contributed by atoms with Crippen LogP contribution in [0, 0.1) is 6.92 Å². The Labute approximate surface area is 192 Å². The lowest BCUT2D eigenvalue weighted by Crippen LogP contribution is -2.41. The molecule has 1 aromatic heterocycles. The standard InChI is InChI=1S/C27H26N2O2S/c1-19-6-5-9-24-25(19)28-27(32-24)31-23-14-16-29(17-15-23)26(30)22-12-10-21(11-13-22)18-20-7-3-2-4-8-20/h2-13,23H,14-18H2,1H3. The summed E-state index contributed by atoms with van der Waals surface area (Å²) in [5.41, 5.74) is 5.44. The summed E-state index contributed by atoms with van der Waals surface area (Å²) in [7, 11) is 0. The second-order valence-electron chi connectivity index (χ2n) is 8.37. The van der Waals surface area contributed by atoms with E-state index < -0.39 is 0 Å². The van der Waals surface area contributed by atoms with Gasteiger partial charge in [0.05, 0.1) is 10.2 Å².